The van der Waals surface area contributed by atoms with E-state index in [-0.39, 0.29) is 12.5 Å². The van der Waals surface area contributed by atoms with Gasteiger partial charge in [0.25, 0.3) is 7.82 Å². The zero-order valence-corrected chi connectivity index (χ0v) is 62.6. The number of likely N-dealkylation sites (N-methyl/N-ethyl adjacent to an activating group) is 1. The average molecular weight is 1310 g/mol. The van der Waals surface area contributed by atoms with E-state index in [9.17, 15) is 19.4 Å². The predicted molar refractivity (Wildman–Crippen MR) is 403 cm³/mol. The highest BCUT2D eigenvalue weighted by Gasteiger charge is 2.23. The molecular formula is C83H155N2O6P. The van der Waals surface area contributed by atoms with Crippen LogP contribution < -0.4 is 10.2 Å². The van der Waals surface area contributed by atoms with Gasteiger partial charge in [-0.05, 0) is 83.5 Å². The molecule has 0 saturated carbocycles. The first-order valence-electron chi connectivity index (χ1n) is 39.9. The van der Waals surface area contributed by atoms with Gasteiger partial charge in [-0.25, -0.2) is 0 Å². The Hall–Kier alpha value is -2.32. The van der Waals surface area contributed by atoms with Gasteiger partial charge in [-0.2, -0.15) is 0 Å². The van der Waals surface area contributed by atoms with Crippen LogP contribution in [-0.2, 0) is 18.4 Å². The molecule has 92 heavy (non-hydrogen) atoms. The molecule has 3 unspecified atom stereocenters. The van der Waals surface area contributed by atoms with E-state index >= 15 is 0 Å². The number of nitrogens with zero attached hydrogens (tertiary/aromatic N) is 1. The van der Waals surface area contributed by atoms with Gasteiger partial charge in [0.15, 0.2) is 0 Å². The summed E-state index contributed by atoms with van der Waals surface area (Å²) in [6.07, 6.45) is 105. The molecule has 0 rings (SSSR count). The number of nitrogens with one attached hydrogen (secondary N) is 1. The lowest BCUT2D eigenvalue weighted by Gasteiger charge is -2.29. The highest BCUT2D eigenvalue weighted by Crippen LogP contribution is 2.38. The number of unbranched alkanes of at least 4 members (excludes halogenated alkanes) is 49. The van der Waals surface area contributed by atoms with Gasteiger partial charge in [0.2, 0.25) is 5.91 Å². The van der Waals surface area contributed by atoms with Crippen LogP contribution in [0.5, 0.6) is 0 Å². The maximum Gasteiger partial charge on any atom is 0.268 e. The number of carbonyl (C=O) groups is 1. The van der Waals surface area contributed by atoms with Crippen LogP contribution in [0.2, 0.25) is 0 Å². The molecule has 0 fully saturated rings. The number of phosphoric ester groups is 1. The fourth-order valence-electron chi connectivity index (χ4n) is 11.9. The standard InChI is InChI=1S/C83H155N2O6P/c1-6-8-10-12-14-16-18-20-22-24-26-28-30-32-34-36-38-39-40-41-42-43-44-45-47-49-51-53-55-57-59-61-63-65-67-69-71-73-75-77-83(87)84-81(80-91-92(88,89)90-79-78-85(3,4)5)82(86)76-74-72-70-68-66-64-62-60-58-56-54-52-50-48-46-37-35-33-31-29-27-25-23-21-19-17-15-13-11-9-7-2/h8,10,14,16,20,22,26,28,58,60,66,68,74,76,81-82,86H,6-7,9,11-13,15,17-19,21,23-25,27,29-57,59,61-65,67,69-73,75,77-80H2,1-5H3,(H-,84,87,88,89)/b10-8-,16-14-,22-20-,28-26-,60-58+,68-66+,76-74+. The molecule has 0 aliphatic rings. The summed E-state index contributed by atoms with van der Waals surface area (Å²) in [5.74, 6) is -0.205. The van der Waals surface area contributed by atoms with E-state index in [2.05, 4.69) is 92.1 Å². The monoisotopic (exact) mass is 1310 g/mol. The molecule has 0 bridgehead atoms. The Morgan fingerprint density at radius 2 is 0.674 bits per heavy atom. The second kappa shape index (κ2) is 72.9. The van der Waals surface area contributed by atoms with Crippen LogP contribution in [0.3, 0.4) is 0 Å². The Morgan fingerprint density at radius 1 is 0.391 bits per heavy atom. The van der Waals surface area contributed by atoms with Crippen molar-refractivity contribution in [3.8, 4) is 0 Å². The van der Waals surface area contributed by atoms with Crippen molar-refractivity contribution >= 4 is 13.7 Å². The lowest BCUT2D eigenvalue weighted by atomic mass is 10.0. The van der Waals surface area contributed by atoms with Crippen LogP contribution in [0.1, 0.15) is 386 Å². The molecule has 0 aromatic carbocycles. The molecule has 0 aliphatic carbocycles. The normalized spacial score (nSPS) is 13.9. The van der Waals surface area contributed by atoms with Crippen LogP contribution in [0.25, 0.3) is 0 Å². The van der Waals surface area contributed by atoms with Gasteiger partial charge in [-0.3, -0.25) is 9.36 Å². The average Bonchev–Trinajstić information content (AvgIpc) is 2.63. The second-order valence-corrected chi connectivity index (χ2v) is 29.8. The lowest BCUT2D eigenvalue weighted by Crippen LogP contribution is -2.45. The number of rotatable bonds is 74. The van der Waals surface area contributed by atoms with Crippen LogP contribution >= 0.6 is 7.82 Å². The molecule has 1 amide bonds. The number of hydrogen-bond donors (Lipinski definition) is 2. The Labute approximate surface area is 573 Å². The number of aliphatic hydroxyl groups is 1. The third-order valence-corrected chi connectivity index (χ3v) is 19.0. The minimum atomic E-state index is -4.62. The quantitative estimate of drug-likeness (QED) is 0.0272. The molecule has 8 nitrogen and oxygen atoms in total. The smallest absolute Gasteiger partial charge is 0.268 e. The number of quaternary nitrogens is 1. The number of carbonyl (C=O) groups excluding carboxylic acids is 1. The second-order valence-electron chi connectivity index (χ2n) is 28.4. The van der Waals surface area contributed by atoms with Crippen LogP contribution in [0.4, 0.5) is 0 Å². The summed E-state index contributed by atoms with van der Waals surface area (Å²) in [7, 11) is 1.25. The van der Waals surface area contributed by atoms with Crippen molar-refractivity contribution in [1.29, 1.82) is 0 Å². The van der Waals surface area contributed by atoms with Gasteiger partial charge >= 0.3 is 0 Å². The van der Waals surface area contributed by atoms with Crippen molar-refractivity contribution in [3.63, 3.8) is 0 Å². The third kappa shape index (κ3) is 75.1. The summed E-state index contributed by atoms with van der Waals surface area (Å²) in [5, 5.41) is 14.0. The molecule has 0 radical (unpaired) electrons. The first-order chi connectivity index (χ1) is 45.0. The number of hydrogen-bond acceptors (Lipinski definition) is 6. The molecule has 0 saturated heterocycles. The zero-order valence-electron chi connectivity index (χ0n) is 61.8. The SMILES string of the molecule is CC/C=C\C/C=C\C/C=C\C/C=C\CCCCCCCCCCCCCCCCCCCCCCCCCCCCC(=O)NC(COP(=O)([O-])OCC[N+](C)(C)C)C(O)/C=C/CC/C=C/CC/C=C/CCCCCCCCCCCCCCCCCCCCCCC. The topological polar surface area (TPSA) is 108 Å². The van der Waals surface area contributed by atoms with Crippen LogP contribution in [-0.4, -0.2) is 68.5 Å². The molecule has 9 heteroatoms. The van der Waals surface area contributed by atoms with E-state index in [0.717, 1.165) is 70.6 Å². The van der Waals surface area contributed by atoms with E-state index in [4.69, 9.17) is 9.05 Å². The highest BCUT2D eigenvalue weighted by molar-refractivity contribution is 7.45. The van der Waals surface area contributed by atoms with Gasteiger partial charge in [0, 0.05) is 6.42 Å². The number of allylic oxidation sites excluding steroid dienone is 13. The lowest BCUT2D eigenvalue weighted by molar-refractivity contribution is -0.870. The molecule has 538 valence electrons. The minimum absolute atomic E-state index is 0.00922. The Morgan fingerprint density at radius 3 is 1.01 bits per heavy atom. The van der Waals surface area contributed by atoms with Gasteiger partial charge in [0.1, 0.15) is 13.2 Å². The number of phosphoric acid groups is 1. The van der Waals surface area contributed by atoms with Crippen molar-refractivity contribution in [3.05, 3.63) is 85.1 Å². The van der Waals surface area contributed by atoms with Crippen LogP contribution in [0.15, 0.2) is 85.1 Å². The first kappa shape index (κ1) is 89.7. The van der Waals surface area contributed by atoms with Gasteiger partial charge < -0.3 is 28.8 Å². The molecule has 0 spiro atoms. The highest BCUT2D eigenvalue weighted by atomic mass is 31.2. The van der Waals surface area contributed by atoms with E-state index in [0.29, 0.717) is 17.4 Å². The summed E-state index contributed by atoms with van der Waals surface area (Å²) >= 11 is 0. The Balaban J connectivity index is 3.99. The van der Waals surface area contributed by atoms with Gasteiger partial charge in [0.05, 0.1) is 39.9 Å². The number of amides is 1. The van der Waals surface area contributed by atoms with E-state index in [1.54, 1.807) is 6.08 Å². The summed E-state index contributed by atoms with van der Waals surface area (Å²) < 4.78 is 23.5. The maximum absolute atomic E-state index is 13.1. The Bertz CT molecular complexity index is 1780. The maximum atomic E-state index is 13.1. The van der Waals surface area contributed by atoms with E-state index in [1.807, 2.05) is 27.2 Å². The summed E-state index contributed by atoms with van der Waals surface area (Å²) in [6, 6.07) is -0.914. The third-order valence-electron chi connectivity index (χ3n) is 18.1. The Kier molecular flexibility index (Phi) is 71.1. The van der Waals surface area contributed by atoms with E-state index < -0.39 is 26.6 Å². The van der Waals surface area contributed by atoms with Crippen molar-refractivity contribution in [2.24, 2.45) is 0 Å². The number of aliphatic hydroxyl groups excluding tert-OH is 1. The molecule has 0 aromatic rings. The molecule has 2 N–H and O–H groups in total. The fraction of sp³-hybridized carbons (Fsp3) is 0.819. The molecule has 3 atom stereocenters. The van der Waals surface area contributed by atoms with Gasteiger partial charge in [-0.15, -0.1) is 0 Å². The van der Waals surface area contributed by atoms with Crippen molar-refractivity contribution < 1.29 is 32.9 Å². The van der Waals surface area contributed by atoms with Crippen molar-refractivity contribution in [2.45, 2.75) is 398 Å². The minimum Gasteiger partial charge on any atom is -0.756 e. The van der Waals surface area contributed by atoms with Crippen molar-refractivity contribution in [1.82, 2.24) is 5.32 Å². The molecule has 0 aromatic heterocycles. The zero-order chi connectivity index (χ0) is 66.9. The summed E-state index contributed by atoms with van der Waals surface area (Å²) in [5.41, 5.74) is 0. The molecule has 0 aliphatic heterocycles. The predicted octanol–water partition coefficient (Wildman–Crippen LogP) is 25.6. The van der Waals surface area contributed by atoms with E-state index in [1.165, 1.54) is 295 Å². The van der Waals surface area contributed by atoms with Gasteiger partial charge in [-0.1, -0.05) is 381 Å². The molecule has 0 heterocycles. The van der Waals surface area contributed by atoms with Crippen LogP contribution in [0, 0.1) is 0 Å². The fourth-order valence-corrected chi connectivity index (χ4v) is 12.7. The summed E-state index contributed by atoms with van der Waals surface area (Å²) in [4.78, 5) is 25.7. The van der Waals surface area contributed by atoms with Crippen molar-refractivity contribution in [2.75, 3.05) is 40.9 Å². The summed E-state index contributed by atoms with van der Waals surface area (Å²) in [6.45, 7) is 4.56. The largest absolute Gasteiger partial charge is 0.756 e. The first-order valence-corrected chi connectivity index (χ1v) is 41.4. The molecular weight excluding hydrogens is 1150 g/mol.